The molecule has 36 heavy (non-hydrogen) atoms. The molecule has 0 aromatic heterocycles. The van der Waals surface area contributed by atoms with Gasteiger partial charge < -0.3 is 49.7 Å². The molecule has 4 atom stereocenters. The van der Waals surface area contributed by atoms with Crippen molar-refractivity contribution in [3.05, 3.63) is 0 Å². The van der Waals surface area contributed by atoms with Gasteiger partial charge in [-0.2, -0.15) is 0 Å². The first-order valence-electron chi connectivity index (χ1n) is 10.7. The topological polar surface area (TPSA) is 323 Å². The minimum atomic E-state index is -1.73. The predicted molar refractivity (Wildman–Crippen MR) is 120 cm³/mol. The van der Waals surface area contributed by atoms with Crippen LogP contribution in [0, 0.1) is 0 Å². The lowest BCUT2D eigenvalue weighted by molar-refractivity contribution is -0.144. The summed E-state index contributed by atoms with van der Waals surface area (Å²) in [5.74, 6) is -7.92. The Morgan fingerprint density at radius 1 is 0.556 bits per heavy atom. The van der Waals surface area contributed by atoms with Crippen molar-refractivity contribution in [2.75, 3.05) is 0 Å². The number of carboxylic acids is 1. The molecule has 0 spiro atoms. The van der Waals surface area contributed by atoms with Gasteiger partial charge in [-0.05, 0) is 19.3 Å². The van der Waals surface area contributed by atoms with Crippen molar-refractivity contribution in [1.82, 2.24) is 16.0 Å². The van der Waals surface area contributed by atoms with E-state index in [0.29, 0.717) is 0 Å². The number of carboxylic acid groups (broad SMARTS) is 1. The Balaban J connectivity index is 5.64. The molecule has 0 saturated carbocycles. The Kier molecular flexibility index (Phi) is 13.7. The molecule has 0 aliphatic carbocycles. The van der Waals surface area contributed by atoms with Crippen LogP contribution < -0.4 is 44.6 Å². The average molecular weight is 517 g/mol. The molecule has 0 aromatic rings. The van der Waals surface area contributed by atoms with E-state index in [1.54, 1.807) is 0 Å². The fourth-order valence-electron chi connectivity index (χ4n) is 2.76. The molecule has 14 N–H and O–H groups in total. The highest BCUT2D eigenvalue weighted by molar-refractivity contribution is 5.95. The SMILES string of the molecule is NC(=O)CCC(N)C(=O)NC(CCC(N)=O)C(=O)NC(CCC(N)=O)C(=O)NC(CC(N)=O)C(=O)O. The lowest BCUT2D eigenvalue weighted by atomic mass is 10.1. The van der Waals surface area contributed by atoms with Gasteiger partial charge in [0, 0.05) is 19.3 Å². The first kappa shape index (κ1) is 31.7. The highest BCUT2D eigenvalue weighted by Crippen LogP contribution is 2.05. The van der Waals surface area contributed by atoms with E-state index < -0.39 is 84.3 Å². The molecule has 0 fully saturated rings. The van der Waals surface area contributed by atoms with Crippen molar-refractivity contribution in [3.63, 3.8) is 0 Å². The Labute approximate surface area is 205 Å². The Hall–Kier alpha value is -4.28. The Morgan fingerprint density at radius 3 is 1.28 bits per heavy atom. The number of nitrogens with two attached hydrogens (primary N) is 5. The molecule has 0 saturated heterocycles. The van der Waals surface area contributed by atoms with Crippen molar-refractivity contribution < 1.29 is 43.5 Å². The van der Waals surface area contributed by atoms with E-state index in [2.05, 4.69) is 10.6 Å². The van der Waals surface area contributed by atoms with Gasteiger partial charge >= 0.3 is 5.97 Å². The summed E-state index contributed by atoms with van der Waals surface area (Å²) in [6.07, 6.45) is -2.53. The lowest BCUT2D eigenvalue weighted by Gasteiger charge is -2.25. The molecule has 202 valence electrons. The third-order valence-corrected chi connectivity index (χ3v) is 4.68. The van der Waals surface area contributed by atoms with Crippen molar-refractivity contribution in [3.8, 4) is 0 Å². The maximum atomic E-state index is 12.9. The summed E-state index contributed by atoms with van der Waals surface area (Å²) in [7, 11) is 0. The monoisotopic (exact) mass is 516 g/mol. The van der Waals surface area contributed by atoms with E-state index in [0.717, 1.165) is 0 Å². The zero-order valence-corrected chi connectivity index (χ0v) is 19.4. The van der Waals surface area contributed by atoms with Crippen LogP contribution in [0.5, 0.6) is 0 Å². The quantitative estimate of drug-likeness (QED) is 0.0831. The normalized spacial score (nSPS) is 13.8. The van der Waals surface area contributed by atoms with E-state index in [-0.39, 0.29) is 32.1 Å². The number of rotatable bonds is 18. The van der Waals surface area contributed by atoms with Gasteiger partial charge in [0.2, 0.25) is 41.4 Å². The van der Waals surface area contributed by atoms with Crippen molar-refractivity contribution in [1.29, 1.82) is 0 Å². The highest BCUT2D eigenvalue weighted by atomic mass is 16.4. The first-order chi connectivity index (χ1) is 16.6. The minimum Gasteiger partial charge on any atom is -0.480 e. The van der Waals surface area contributed by atoms with Crippen LogP contribution in [0.1, 0.15) is 44.9 Å². The van der Waals surface area contributed by atoms with Gasteiger partial charge in [-0.1, -0.05) is 0 Å². The molecule has 0 aliphatic heterocycles. The summed E-state index contributed by atoms with van der Waals surface area (Å²) in [4.78, 5) is 93.5. The zero-order chi connectivity index (χ0) is 28.0. The van der Waals surface area contributed by atoms with Gasteiger partial charge in [0.25, 0.3) is 0 Å². The summed E-state index contributed by atoms with van der Waals surface area (Å²) in [6.45, 7) is 0. The van der Waals surface area contributed by atoms with Gasteiger partial charge in [0.1, 0.15) is 18.1 Å². The molecule has 17 nitrogen and oxygen atoms in total. The van der Waals surface area contributed by atoms with E-state index in [1.807, 2.05) is 5.32 Å². The van der Waals surface area contributed by atoms with Crippen molar-refractivity contribution >= 4 is 47.3 Å². The molecule has 4 unspecified atom stereocenters. The molecule has 17 heteroatoms. The second-order valence-electron chi connectivity index (χ2n) is 7.81. The number of aliphatic carboxylic acids is 1. The van der Waals surface area contributed by atoms with Crippen LogP contribution in [0.25, 0.3) is 0 Å². The van der Waals surface area contributed by atoms with Crippen LogP contribution in [-0.4, -0.2) is 76.6 Å². The Bertz CT molecular complexity index is 879. The predicted octanol–water partition coefficient (Wildman–Crippen LogP) is -5.48. The van der Waals surface area contributed by atoms with Gasteiger partial charge in [-0.25, -0.2) is 4.79 Å². The van der Waals surface area contributed by atoms with Gasteiger partial charge in [-0.3, -0.25) is 33.6 Å². The number of hydrogen-bond donors (Lipinski definition) is 9. The van der Waals surface area contributed by atoms with Gasteiger partial charge in [0.15, 0.2) is 0 Å². The molecule has 0 aromatic carbocycles. The fraction of sp³-hybridized carbons (Fsp3) is 0.579. The molecule has 0 bridgehead atoms. The summed E-state index contributed by atoms with van der Waals surface area (Å²) < 4.78 is 0. The third kappa shape index (κ3) is 13.4. The molecular weight excluding hydrogens is 484 g/mol. The second-order valence-corrected chi connectivity index (χ2v) is 7.81. The number of carbonyl (C=O) groups is 8. The number of hydrogen-bond acceptors (Lipinski definition) is 9. The second kappa shape index (κ2) is 15.6. The molecular formula is C19H32N8O9. The number of carbonyl (C=O) groups excluding carboxylic acids is 7. The van der Waals surface area contributed by atoms with Crippen molar-refractivity contribution in [2.24, 2.45) is 28.7 Å². The van der Waals surface area contributed by atoms with Crippen LogP contribution in [0.4, 0.5) is 0 Å². The standard InChI is InChI=1S/C19H32N8O9/c20-8(1-4-12(21)28)16(32)25-9(2-5-13(22)29)17(33)26-10(3-6-14(23)30)18(34)27-11(19(35)36)7-15(24)31/h8-11H,1-7,20H2,(H2,21,28)(H2,22,29)(H2,23,30)(H2,24,31)(H,25,32)(H,26,33)(H,27,34)(H,35,36). The smallest absolute Gasteiger partial charge is 0.326 e. The van der Waals surface area contributed by atoms with Gasteiger partial charge in [0.05, 0.1) is 12.5 Å². The summed E-state index contributed by atoms with van der Waals surface area (Å²) >= 11 is 0. The number of nitrogens with one attached hydrogen (secondary N) is 3. The van der Waals surface area contributed by atoms with Crippen LogP contribution >= 0.6 is 0 Å². The average Bonchev–Trinajstić information content (AvgIpc) is 2.75. The maximum Gasteiger partial charge on any atom is 0.326 e. The summed E-state index contributed by atoms with van der Waals surface area (Å²) in [6, 6.07) is -5.93. The van der Waals surface area contributed by atoms with E-state index in [4.69, 9.17) is 28.7 Å². The molecule has 0 heterocycles. The first-order valence-corrected chi connectivity index (χ1v) is 10.7. The van der Waals surface area contributed by atoms with Crippen molar-refractivity contribution in [2.45, 2.75) is 69.1 Å². The minimum absolute atomic E-state index is 0.134. The summed E-state index contributed by atoms with van der Waals surface area (Å²) in [5.41, 5.74) is 25.8. The Morgan fingerprint density at radius 2 is 0.917 bits per heavy atom. The largest absolute Gasteiger partial charge is 0.480 e. The van der Waals surface area contributed by atoms with Crippen LogP contribution in [0.2, 0.25) is 0 Å². The van der Waals surface area contributed by atoms with E-state index in [9.17, 15) is 43.5 Å². The summed E-state index contributed by atoms with van der Waals surface area (Å²) in [5, 5.41) is 15.7. The molecule has 0 radical (unpaired) electrons. The van der Waals surface area contributed by atoms with Crippen LogP contribution in [-0.2, 0) is 38.4 Å². The third-order valence-electron chi connectivity index (χ3n) is 4.68. The maximum absolute atomic E-state index is 12.9. The highest BCUT2D eigenvalue weighted by Gasteiger charge is 2.31. The van der Waals surface area contributed by atoms with Gasteiger partial charge in [-0.15, -0.1) is 0 Å². The zero-order valence-electron chi connectivity index (χ0n) is 19.4. The van der Waals surface area contributed by atoms with E-state index in [1.165, 1.54) is 0 Å². The van der Waals surface area contributed by atoms with Crippen LogP contribution in [0.3, 0.4) is 0 Å². The van der Waals surface area contributed by atoms with E-state index >= 15 is 0 Å². The van der Waals surface area contributed by atoms with Crippen LogP contribution in [0.15, 0.2) is 0 Å². The molecule has 0 aliphatic rings. The lowest BCUT2D eigenvalue weighted by Crippen LogP contribution is -2.57. The molecule has 0 rings (SSSR count). The number of amides is 7. The number of primary amides is 4. The molecule has 7 amide bonds. The fourth-order valence-corrected chi connectivity index (χ4v) is 2.76.